The maximum Gasteiger partial charge on any atom is 0.412 e. The van der Waals surface area contributed by atoms with E-state index in [9.17, 15) is 14.3 Å². The Hall–Kier alpha value is -1.62. The van der Waals surface area contributed by atoms with Crippen molar-refractivity contribution in [2.75, 3.05) is 5.32 Å². The molecule has 20 heavy (non-hydrogen) atoms. The Morgan fingerprint density at radius 2 is 2.10 bits per heavy atom. The summed E-state index contributed by atoms with van der Waals surface area (Å²) in [5.74, 6) is -0.375. The van der Waals surface area contributed by atoms with Gasteiger partial charge in [0.05, 0.1) is 5.60 Å². The van der Waals surface area contributed by atoms with E-state index in [1.807, 2.05) is 0 Å². The number of amides is 1. The first-order chi connectivity index (χ1) is 9.17. The number of carbonyl (C=O) groups is 1. The molecule has 0 radical (unpaired) electrons. The SMILES string of the molecule is CC(C)(C)OC(=O)Nc1ccc(F)c(CC2(O)CC2)c1. The molecule has 0 aliphatic heterocycles. The average Bonchev–Trinajstić information content (AvgIpc) is 2.98. The Balaban J connectivity index is 2.05. The minimum Gasteiger partial charge on any atom is -0.444 e. The lowest BCUT2D eigenvalue weighted by molar-refractivity contribution is 0.0636. The van der Waals surface area contributed by atoms with Crippen molar-refractivity contribution in [1.82, 2.24) is 0 Å². The molecule has 1 aromatic carbocycles. The molecule has 1 aliphatic rings. The molecule has 1 saturated carbocycles. The molecule has 0 saturated heterocycles. The first-order valence-electron chi connectivity index (χ1n) is 6.68. The maximum absolute atomic E-state index is 13.7. The number of benzene rings is 1. The standard InChI is InChI=1S/C15H20FNO3/c1-14(2,3)20-13(18)17-11-4-5-12(16)10(8-11)9-15(19)6-7-15/h4-5,8,19H,6-7,9H2,1-3H3,(H,17,18). The van der Waals surface area contributed by atoms with Crippen LogP contribution in [0.2, 0.25) is 0 Å². The van der Waals surface area contributed by atoms with E-state index in [2.05, 4.69) is 5.32 Å². The van der Waals surface area contributed by atoms with Gasteiger partial charge in [-0.15, -0.1) is 0 Å². The van der Waals surface area contributed by atoms with E-state index < -0.39 is 17.3 Å². The van der Waals surface area contributed by atoms with Crippen LogP contribution in [-0.4, -0.2) is 22.4 Å². The number of anilines is 1. The third-order valence-electron chi connectivity index (χ3n) is 3.04. The largest absolute Gasteiger partial charge is 0.444 e. The molecule has 1 amide bonds. The first kappa shape index (κ1) is 14.8. The Bertz CT molecular complexity index is 518. The number of nitrogens with one attached hydrogen (secondary N) is 1. The van der Waals surface area contributed by atoms with E-state index in [-0.39, 0.29) is 12.2 Å². The number of ether oxygens (including phenoxy) is 1. The fraction of sp³-hybridized carbons (Fsp3) is 0.533. The zero-order valence-corrected chi connectivity index (χ0v) is 12.0. The highest BCUT2D eigenvalue weighted by Gasteiger charge is 2.40. The second kappa shape index (κ2) is 5.05. The Labute approximate surface area is 117 Å². The van der Waals surface area contributed by atoms with Crippen molar-refractivity contribution in [2.24, 2.45) is 0 Å². The van der Waals surface area contributed by atoms with Crippen molar-refractivity contribution in [1.29, 1.82) is 0 Å². The fourth-order valence-corrected chi connectivity index (χ4v) is 1.89. The van der Waals surface area contributed by atoms with Gasteiger partial charge >= 0.3 is 6.09 Å². The van der Waals surface area contributed by atoms with Crippen LogP contribution in [-0.2, 0) is 11.2 Å². The molecule has 5 heteroatoms. The molecule has 1 aliphatic carbocycles. The quantitative estimate of drug-likeness (QED) is 0.894. The summed E-state index contributed by atoms with van der Waals surface area (Å²) in [5.41, 5.74) is -0.500. The monoisotopic (exact) mass is 281 g/mol. The predicted octanol–water partition coefficient (Wildman–Crippen LogP) is 3.24. The lowest BCUT2D eigenvalue weighted by Crippen LogP contribution is -2.27. The number of hydrogen-bond donors (Lipinski definition) is 2. The van der Waals surface area contributed by atoms with Gasteiger partial charge in [0.15, 0.2) is 0 Å². The molecule has 110 valence electrons. The summed E-state index contributed by atoms with van der Waals surface area (Å²) < 4.78 is 18.8. The van der Waals surface area contributed by atoms with Crippen molar-refractivity contribution in [2.45, 2.75) is 51.2 Å². The van der Waals surface area contributed by atoms with E-state index in [1.165, 1.54) is 18.2 Å². The second-order valence-corrected chi connectivity index (χ2v) is 6.33. The highest BCUT2D eigenvalue weighted by molar-refractivity contribution is 5.84. The molecule has 1 aromatic rings. The molecule has 2 N–H and O–H groups in total. The number of hydrogen-bond acceptors (Lipinski definition) is 3. The van der Waals surface area contributed by atoms with Gasteiger partial charge in [0.25, 0.3) is 0 Å². The van der Waals surface area contributed by atoms with Crippen LogP contribution >= 0.6 is 0 Å². The van der Waals surface area contributed by atoms with Gasteiger partial charge in [-0.3, -0.25) is 5.32 Å². The number of carbonyl (C=O) groups excluding carboxylic acids is 1. The molecule has 0 spiro atoms. The predicted molar refractivity (Wildman–Crippen MR) is 74.1 cm³/mol. The van der Waals surface area contributed by atoms with Gasteiger partial charge in [-0.2, -0.15) is 0 Å². The van der Waals surface area contributed by atoms with E-state index >= 15 is 0 Å². The Morgan fingerprint density at radius 3 is 2.65 bits per heavy atom. The van der Waals surface area contributed by atoms with Gasteiger partial charge in [-0.05, 0) is 57.4 Å². The lowest BCUT2D eigenvalue weighted by atomic mass is 10.1. The van der Waals surface area contributed by atoms with Crippen molar-refractivity contribution in [3.8, 4) is 0 Å². The molecule has 0 atom stereocenters. The van der Waals surface area contributed by atoms with Crippen molar-refractivity contribution in [3.05, 3.63) is 29.6 Å². The van der Waals surface area contributed by atoms with Gasteiger partial charge in [-0.1, -0.05) is 0 Å². The second-order valence-electron chi connectivity index (χ2n) is 6.33. The number of aliphatic hydroxyl groups is 1. The summed E-state index contributed by atoms with van der Waals surface area (Å²) in [5, 5.41) is 12.4. The van der Waals surface area contributed by atoms with Crippen LogP contribution in [0, 0.1) is 5.82 Å². The van der Waals surface area contributed by atoms with Gasteiger partial charge in [0.1, 0.15) is 11.4 Å². The third kappa shape index (κ3) is 4.20. The minimum absolute atomic E-state index is 0.267. The summed E-state index contributed by atoms with van der Waals surface area (Å²) >= 11 is 0. The summed E-state index contributed by atoms with van der Waals surface area (Å²) in [4.78, 5) is 11.6. The average molecular weight is 281 g/mol. The minimum atomic E-state index is -0.772. The molecule has 2 rings (SSSR count). The van der Waals surface area contributed by atoms with Crippen molar-refractivity contribution >= 4 is 11.8 Å². The molecule has 0 bridgehead atoms. The maximum atomic E-state index is 13.7. The van der Waals surface area contributed by atoms with E-state index in [1.54, 1.807) is 20.8 Å². The third-order valence-corrected chi connectivity index (χ3v) is 3.04. The van der Waals surface area contributed by atoms with E-state index in [0.717, 1.165) is 0 Å². The summed E-state index contributed by atoms with van der Waals surface area (Å²) in [6.45, 7) is 5.31. The molecule has 0 heterocycles. The zero-order chi connectivity index (χ0) is 15.0. The Morgan fingerprint density at radius 1 is 1.45 bits per heavy atom. The van der Waals surface area contributed by atoms with Crippen molar-refractivity contribution < 1.29 is 19.0 Å². The fourth-order valence-electron chi connectivity index (χ4n) is 1.89. The summed E-state index contributed by atoms with van der Waals surface area (Å²) in [6.07, 6.45) is 1.06. The summed E-state index contributed by atoms with van der Waals surface area (Å²) in [7, 11) is 0. The summed E-state index contributed by atoms with van der Waals surface area (Å²) in [6, 6.07) is 4.29. The van der Waals surface area contributed by atoms with Crippen LogP contribution in [0.25, 0.3) is 0 Å². The van der Waals surface area contributed by atoms with Crippen LogP contribution in [0.4, 0.5) is 14.9 Å². The molecular weight excluding hydrogens is 261 g/mol. The highest BCUT2D eigenvalue weighted by Crippen LogP contribution is 2.39. The van der Waals surface area contributed by atoms with E-state index in [0.29, 0.717) is 24.1 Å². The van der Waals surface area contributed by atoms with Crippen LogP contribution in [0.15, 0.2) is 18.2 Å². The van der Waals surface area contributed by atoms with Crippen LogP contribution in [0.3, 0.4) is 0 Å². The lowest BCUT2D eigenvalue weighted by Gasteiger charge is -2.20. The van der Waals surface area contributed by atoms with Gasteiger partial charge in [0, 0.05) is 12.1 Å². The van der Waals surface area contributed by atoms with E-state index in [4.69, 9.17) is 4.74 Å². The van der Waals surface area contributed by atoms with Gasteiger partial charge < -0.3 is 9.84 Å². The van der Waals surface area contributed by atoms with Crippen LogP contribution in [0.1, 0.15) is 39.2 Å². The molecule has 4 nitrogen and oxygen atoms in total. The van der Waals surface area contributed by atoms with Crippen LogP contribution in [0.5, 0.6) is 0 Å². The molecular formula is C15H20FNO3. The number of rotatable bonds is 3. The van der Waals surface area contributed by atoms with Gasteiger partial charge in [-0.25, -0.2) is 9.18 Å². The van der Waals surface area contributed by atoms with Crippen LogP contribution < -0.4 is 5.32 Å². The molecule has 0 unspecified atom stereocenters. The smallest absolute Gasteiger partial charge is 0.412 e. The van der Waals surface area contributed by atoms with Gasteiger partial charge in [0.2, 0.25) is 0 Å². The normalized spacial score (nSPS) is 16.6. The highest BCUT2D eigenvalue weighted by atomic mass is 19.1. The number of halogens is 1. The molecule has 1 fully saturated rings. The zero-order valence-electron chi connectivity index (χ0n) is 12.0. The topological polar surface area (TPSA) is 58.6 Å². The molecule has 0 aromatic heterocycles. The first-order valence-corrected chi connectivity index (χ1v) is 6.68. The van der Waals surface area contributed by atoms with Crippen molar-refractivity contribution in [3.63, 3.8) is 0 Å². The Kier molecular flexibility index (Phi) is 3.73.